The van der Waals surface area contributed by atoms with Gasteiger partial charge in [0, 0.05) is 32.2 Å². The Kier molecular flexibility index (Phi) is 6.20. The third kappa shape index (κ3) is 4.25. The summed E-state index contributed by atoms with van der Waals surface area (Å²) in [7, 11) is 2.99. The van der Waals surface area contributed by atoms with E-state index >= 15 is 0 Å². The molecule has 0 spiro atoms. The zero-order valence-electron chi connectivity index (χ0n) is 16.7. The Morgan fingerprint density at radius 3 is 2.28 bits per heavy atom. The molecule has 0 radical (unpaired) electrons. The van der Waals surface area contributed by atoms with Crippen LogP contribution in [0.4, 0.5) is 4.79 Å². The van der Waals surface area contributed by atoms with Crippen molar-refractivity contribution >= 4 is 22.9 Å². The molecule has 1 aromatic heterocycles. The summed E-state index contributed by atoms with van der Waals surface area (Å²) in [6.07, 6.45) is 0.975. The van der Waals surface area contributed by atoms with Crippen molar-refractivity contribution in [3.63, 3.8) is 0 Å². The van der Waals surface area contributed by atoms with E-state index < -0.39 is 0 Å². The molecular formula is C19H24N4O6. The minimum Gasteiger partial charge on any atom is -0.493 e. The van der Waals surface area contributed by atoms with Crippen LogP contribution >= 0.6 is 0 Å². The number of ether oxygens (including phenoxy) is 3. The topological polar surface area (TPSA) is 103 Å². The monoisotopic (exact) mass is 404 g/mol. The molecule has 1 aliphatic rings. The van der Waals surface area contributed by atoms with Gasteiger partial charge in [-0.2, -0.15) is 0 Å². The van der Waals surface area contributed by atoms with E-state index in [0.717, 1.165) is 0 Å². The lowest BCUT2D eigenvalue weighted by atomic mass is 10.2. The zero-order chi connectivity index (χ0) is 21.0. The Hall–Kier alpha value is -3.30. The van der Waals surface area contributed by atoms with Gasteiger partial charge in [0.05, 0.1) is 38.1 Å². The maximum atomic E-state index is 12.8. The highest BCUT2D eigenvalue weighted by Gasteiger charge is 2.25. The van der Waals surface area contributed by atoms with Crippen LogP contribution in [-0.4, -0.2) is 78.4 Å². The quantitative estimate of drug-likeness (QED) is 0.723. The summed E-state index contributed by atoms with van der Waals surface area (Å²) in [5, 5.41) is 0.338. The molecule has 10 heteroatoms. The third-order valence-corrected chi connectivity index (χ3v) is 4.79. The van der Waals surface area contributed by atoms with Crippen LogP contribution < -0.4 is 15.0 Å². The van der Waals surface area contributed by atoms with Crippen molar-refractivity contribution in [3.05, 3.63) is 28.8 Å². The lowest BCUT2D eigenvalue weighted by molar-refractivity contribution is -0.133. The van der Waals surface area contributed by atoms with Gasteiger partial charge in [-0.15, -0.1) is 0 Å². The molecule has 10 nitrogen and oxygen atoms in total. The molecule has 0 atom stereocenters. The first-order valence-corrected chi connectivity index (χ1v) is 9.29. The van der Waals surface area contributed by atoms with Crippen LogP contribution in [0.1, 0.15) is 6.92 Å². The molecule has 0 N–H and O–H groups in total. The van der Waals surface area contributed by atoms with Crippen LogP contribution in [0.3, 0.4) is 0 Å². The van der Waals surface area contributed by atoms with Crippen molar-refractivity contribution in [2.75, 3.05) is 47.0 Å². The molecule has 1 fully saturated rings. The first-order valence-electron chi connectivity index (χ1n) is 9.29. The minimum atomic E-state index is -0.376. The van der Waals surface area contributed by atoms with Gasteiger partial charge in [-0.05, 0) is 13.0 Å². The molecule has 0 unspecified atom stereocenters. The summed E-state index contributed by atoms with van der Waals surface area (Å²) in [4.78, 5) is 44.7. The summed E-state index contributed by atoms with van der Waals surface area (Å²) in [6, 6.07) is 3.18. The number of carbonyl (C=O) groups excluding carboxylic acids is 2. The number of aromatic nitrogens is 2. The molecule has 3 rings (SSSR count). The SMILES string of the molecule is CCOC(=O)N1CCN(C(=O)Cn2cnc3cc(OC)c(OC)cc3c2=O)CC1. The minimum absolute atomic E-state index is 0.129. The van der Waals surface area contributed by atoms with E-state index in [9.17, 15) is 14.4 Å². The first kappa shape index (κ1) is 20.4. The Morgan fingerprint density at radius 1 is 1.03 bits per heavy atom. The second-order valence-corrected chi connectivity index (χ2v) is 6.47. The highest BCUT2D eigenvalue weighted by Crippen LogP contribution is 2.29. The van der Waals surface area contributed by atoms with Crippen LogP contribution in [0.5, 0.6) is 11.5 Å². The number of fused-ring (bicyclic) bond motifs is 1. The molecule has 156 valence electrons. The maximum absolute atomic E-state index is 12.8. The number of benzene rings is 1. The normalized spacial score (nSPS) is 14.0. The fourth-order valence-corrected chi connectivity index (χ4v) is 3.20. The fourth-order valence-electron chi connectivity index (χ4n) is 3.20. The van der Waals surface area contributed by atoms with E-state index in [2.05, 4.69) is 4.98 Å². The molecule has 2 heterocycles. The summed E-state index contributed by atoms with van der Waals surface area (Å²) in [6.45, 7) is 3.50. The number of hydrogen-bond acceptors (Lipinski definition) is 7. The van der Waals surface area contributed by atoms with E-state index in [1.807, 2.05) is 0 Å². The number of piperazine rings is 1. The molecule has 2 amide bonds. The Bertz CT molecular complexity index is 965. The van der Waals surface area contributed by atoms with Crippen LogP contribution in [0.15, 0.2) is 23.3 Å². The molecule has 29 heavy (non-hydrogen) atoms. The Balaban J connectivity index is 1.73. The smallest absolute Gasteiger partial charge is 0.409 e. The fraction of sp³-hybridized carbons (Fsp3) is 0.474. The van der Waals surface area contributed by atoms with E-state index in [-0.39, 0.29) is 24.1 Å². The average molecular weight is 404 g/mol. The van der Waals surface area contributed by atoms with Crippen molar-refractivity contribution in [1.82, 2.24) is 19.4 Å². The van der Waals surface area contributed by atoms with Gasteiger partial charge < -0.3 is 24.0 Å². The van der Waals surface area contributed by atoms with E-state index in [4.69, 9.17) is 14.2 Å². The molecule has 0 bridgehead atoms. The summed E-state index contributed by atoms with van der Waals surface area (Å²) >= 11 is 0. The predicted molar refractivity (Wildman–Crippen MR) is 104 cm³/mol. The summed E-state index contributed by atoms with van der Waals surface area (Å²) in [5.74, 6) is 0.676. The second kappa shape index (κ2) is 8.80. The van der Waals surface area contributed by atoms with Crippen LogP contribution in [0.25, 0.3) is 10.9 Å². The first-order chi connectivity index (χ1) is 14.0. The zero-order valence-corrected chi connectivity index (χ0v) is 16.7. The number of methoxy groups -OCH3 is 2. The van der Waals surface area contributed by atoms with Crippen molar-refractivity contribution < 1.29 is 23.8 Å². The number of amides is 2. The van der Waals surface area contributed by atoms with Crippen molar-refractivity contribution in [2.24, 2.45) is 0 Å². The molecular weight excluding hydrogens is 380 g/mol. The Labute approximate surface area is 167 Å². The molecule has 2 aromatic rings. The standard InChI is InChI=1S/C19H24N4O6/c1-4-29-19(26)22-7-5-21(6-8-22)17(24)11-23-12-20-14-10-16(28-3)15(27-2)9-13(14)18(23)25/h9-10,12H,4-8,11H2,1-3H3. The van der Waals surface area contributed by atoms with E-state index in [0.29, 0.717) is 55.2 Å². The highest BCUT2D eigenvalue weighted by molar-refractivity contribution is 5.82. The van der Waals surface area contributed by atoms with Crippen molar-refractivity contribution in [1.29, 1.82) is 0 Å². The van der Waals surface area contributed by atoms with Gasteiger partial charge in [-0.25, -0.2) is 9.78 Å². The molecule has 1 saturated heterocycles. The molecule has 1 aromatic carbocycles. The predicted octanol–water partition coefficient (Wildman–Crippen LogP) is 0.714. The average Bonchev–Trinajstić information content (AvgIpc) is 2.75. The molecule has 1 aliphatic heterocycles. The van der Waals surface area contributed by atoms with Gasteiger partial charge in [0.25, 0.3) is 5.56 Å². The lowest BCUT2D eigenvalue weighted by Gasteiger charge is -2.34. The van der Waals surface area contributed by atoms with Gasteiger partial charge >= 0.3 is 6.09 Å². The molecule has 0 aliphatic carbocycles. The van der Waals surface area contributed by atoms with E-state index in [1.54, 1.807) is 28.9 Å². The summed E-state index contributed by atoms with van der Waals surface area (Å²) in [5.41, 5.74) is 0.119. The third-order valence-electron chi connectivity index (χ3n) is 4.79. The number of rotatable bonds is 5. The number of nitrogens with zero attached hydrogens (tertiary/aromatic N) is 4. The lowest BCUT2D eigenvalue weighted by Crippen LogP contribution is -2.51. The summed E-state index contributed by atoms with van der Waals surface area (Å²) < 4.78 is 16.7. The Morgan fingerprint density at radius 2 is 1.66 bits per heavy atom. The highest BCUT2D eigenvalue weighted by atomic mass is 16.6. The van der Waals surface area contributed by atoms with Gasteiger partial charge in [-0.3, -0.25) is 14.2 Å². The number of hydrogen-bond donors (Lipinski definition) is 0. The van der Waals surface area contributed by atoms with Crippen LogP contribution in [0, 0.1) is 0 Å². The number of carbonyl (C=O) groups is 2. The van der Waals surface area contributed by atoms with E-state index in [1.165, 1.54) is 25.1 Å². The van der Waals surface area contributed by atoms with Crippen LogP contribution in [0.2, 0.25) is 0 Å². The largest absolute Gasteiger partial charge is 0.493 e. The van der Waals surface area contributed by atoms with Gasteiger partial charge in [0.1, 0.15) is 6.54 Å². The molecule has 0 saturated carbocycles. The maximum Gasteiger partial charge on any atom is 0.409 e. The van der Waals surface area contributed by atoms with Gasteiger partial charge in [0.2, 0.25) is 5.91 Å². The van der Waals surface area contributed by atoms with Crippen molar-refractivity contribution in [2.45, 2.75) is 13.5 Å². The van der Waals surface area contributed by atoms with Gasteiger partial charge in [0.15, 0.2) is 11.5 Å². The van der Waals surface area contributed by atoms with Crippen molar-refractivity contribution in [3.8, 4) is 11.5 Å². The van der Waals surface area contributed by atoms with Gasteiger partial charge in [-0.1, -0.05) is 0 Å². The van der Waals surface area contributed by atoms with Crippen LogP contribution in [-0.2, 0) is 16.1 Å². The second-order valence-electron chi connectivity index (χ2n) is 6.47.